The molecule has 0 fully saturated rings. The van der Waals surface area contributed by atoms with Crippen molar-refractivity contribution < 1.29 is 9.90 Å². The Hall–Kier alpha value is -1.06. The summed E-state index contributed by atoms with van der Waals surface area (Å²) in [6, 6.07) is 4.94. The summed E-state index contributed by atoms with van der Waals surface area (Å²) in [7, 11) is 0. The number of nitrogens with one attached hydrogen (secondary N) is 1. The molecule has 0 aliphatic rings. The summed E-state index contributed by atoms with van der Waals surface area (Å²) in [6.07, 6.45) is 0. The Morgan fingerprint density at radius 2 is 2.31 bits per heavy atom. The largest absolute Gasteiger partial charge is 0.392 e. The first-order valence-electron chi connectivity index (χ1n) is 3.80. The molecule has 0 saturated carbocycles. The number of carbonyl (C=O) groups is 1. The molecule has 0 unspecified atom stereocenters. The predicted molar refractivity (Wildman–Crippen MR) is 51.7 cm³/mol. The fourth-order valence-corrected chi connectivity index (χ4v) is 1.16. The van der Waals surface area contributed by atoms with Crippen LogP contribution >= 0.6 is 11.6 Å². The normalized spacial score (nSPS) is 9.77. The molecular formula is C9H10ClNO2. The average Bonchev–Trinajstić information content (AvgIpc) is 2.03. The van der Waals surface area contributed by atoms with Gasteiger partial charge in [-0.2, -0.15) is 0 Å². The van der Waals surface area contributed by atoms with Crippen molar-refractivity contribution in [3.8, 4) is 0 Å². The number of amides is 1. The topological polar surface area (TPSA) is 49.3 Å². The Balaban J connectivity index is 3.01. The van der Waals surface area contributed by atoms with Crippen LogP contribution in [-0.2, 0) is 11.4 Å². The van der Waals surface area contributed by atoms with Crippen molar-refractivity contribution in [1.29, 1.82) is 0 Å². The second kappa shape index (κ2) is 4.25. The van der Waals surface area contributed by atoms with Gasteiger partial charge in [-0.15, -0.1) is 0 Å². The highest BCUT2D eigenvalue weighted by atomic mass is 35.5. The van der Waals surface area contributed by atoms with Gasteiger partial charge in [0.25, 0.3) is 0 Å². The summed E-state index contributed by atoms with van der Waals surface area (Å²) in [5, 5.41) is 12.0. The van der Waals surface area contributed by atoms with Gasteiger partial charge < -0.3 is 10.4 Å². The molecule has 0 saturated heterocycles. The van der Waals surface area contributed by atoms with Gasteiger partial charge in [-0.25, -0.2) is 0 Å². The number of anilines is 1. The molecule has 1 aromatic carbocycles. The Kier molecular flexibility index (Phi) is 3.28. The molecule has 0 heterocycles. The predicted octanol–water partition coefficient (Wildman–Crippen LogP) is 1.79. The van der Waals surface area contributed by atoms with Gasteiger partial charge in [0.15, 0.2) is 0 Å². The van der Waals surface area contributed by atoms with Crippen LogP contribution in [0.1, 0.15) is 12.5 Å². The van der Waals surface area contributed by atoms with E-state index in [1.165, 1.54) is 6.92 Å². The lowest BCUT2D eigenvalue weighted by atomic mass is 10.2. The van der Waals surface area contributed by atoms with Gasteiger partial charge in [-0.05, 0) is 12.1 Å². The number of hydrogen-bond donors (Lipinski definition) is 2. The second-order valence-electron chi connectivity index (χ2n) is 2.64. The maximum atomic E-state index is 10.8. The van der Waals surface area contributed by atoms with Crippen LogP contribution < -0.4 is 5.32 Å². The molecule has 0 aliphatic carbocycles. The number of rotatable bonds is 2. The summed E-state index contributed by atoms with van der Waals surface area (Å²) in [4.78, 5) is 10.8. The van der Waals surface area contributed by atoms with Gasteiger partial charge in [-0.1, -0.05) is 17.7 Å². The smallest absolute Gasteiger partial charge is 0.221 e. The zero-order chi connectivity index (χ0) is 9.84. The maximum Gasteiger partial charge on any atom is 0.221 e. The third-order valence-electron chi connectivity index (χ3n) is 1.55. The van der Waals surface area contributed by atoms with Gasteiger partial charge >= 0.3 is 0 Å². The van der Waals surface area contributed by atoms with E-state index in [2.05, 4.69) is 5.32 Å². The maximum absolute atomic E-state index is 10.8. The van der Waals surface area contributed by atoms with E-state index < -0.39 is 0 Å². The molecule has 0 radical (unpaired) electrons. The first-order chi connectivity index (χ1) is 6.13. The molecule has 13 heavy (non-hydrogen) atoms. The fourth-order valence-electron chi connectivity index (χ4n) is 0.993. The van der Waals surface area contributed by atoms with E-state index in [1.54, 1.807) is 18.2 Å². The van der Waals surface area contributed by atoms with Crippen LogP contribution in [-0.4, -0.2) is 11.0 Å². The molecule has 1 rings (SSSR count). The van der Waals surface area contributed by atoms with E-state index in [4.69, 9.17) is 16.7 Å². The minimum absolute atomic E-state index is 0.118. The Bertz CT molecular complexity index is 325. The molecule has 0 aromatic heterocycles. The van der Waals surface area contributed by atoms with E-state index in [-0.39, 0.29) is 12.5 Å². The quantitative estimate of drug-likeness (QED) is 0.763. The summed E-state index contributed by atoms with van der Waals surface area (Å²) in [5.41, 5.74) is 1.21. The second-order valence-corrected chi connectivity index (χ2v) is 3.08. The van der Waals surface area contributed by atoms with E-state index in [9.17, 15) is 4.79 Å². The van der Waals surface area contributed by atoms with Crippen molar-refractivity contribution in [1.82, 2.24) is 0 Å². The highest BCUT2D eigenvalue weighted by molar-refractivity contribution is 6.31. The Labute approximate surface area is 81.3 Å². The average molecular weight is 200 g/mol. The molecule has 0 aliphatic heterocycles. The molecule has 3 nitrogen and oxygen atoms in total. The third kappa shape index (κ3) is 2.72. The highest BCUT2D eigenvalue weighted by Gasteiger charge is 2.03. The molecule has 0 spiro atoms. The van der Waals surface area contributed by atoms with Crippen LogP contribution in [0.2, 0.25) is 5.02 Å². The van der Waals surface area contributed by atoms with Crippen molar-refractivity contribution in [2.45, 2.75) is 13.5 Å². The first-order valence-corrected chi connectivity index (χ1v) is 4.18. The number of hydrogen-bond acceptors (Lipinski definition) is 2. The SMILES string of the molecule is CC(=O)Nc1cc(Cl)ccc1CO. The number of carbonyl (C=O) groups excluding carboxylic acids is 1. The van der Waals surface area contributed by atoms with Gasteiger partial charge in [-0.3, -0.25) is 4.79 Å². The van der Waals surface area contributed by atoms with Crippen LogP contribution in [0.3, 0.4) is 0 Å². The lowest BCUT2D eigenvalue weighted by Gasteiger charge is -2.07. The molecule has 0 bridgehead atoms. The van der Waals surface area contributed by atoms with Crippen LogP contribution in [0.25, 0.3) is 0 Å². The molecule has 70 valence electrons. The van der Waals surface area contributed by atoms with Gasteiger partial charge in [0.2, 0.25) is 5.91 Å². The first kappa shape index (κ1) is 10.0. The van der Waals surface area contributed by atoms with Gasteiger partial charge in [0.05, 0.1) is 6.61 Å². The lowest BCUT2D eigenvalue weighted by molar-refractivity contribution is -0.114. The molecule has 1 amide bonds. The van der Waals surface area contributed by atoms with Crippen LogP contribution in [0.15, 0.2) is 18.2 Å². The minimum atomic E-state index is -0.183. The minimum Gasteiger partial charge on any atom is -0.392 e. The summed E-state index contributed by atoms with van der Waals surface area (Å²) < 4.78 is 0. The van der Waals surface area contributed by atoms with Crippen molar-refractivity contribution in [3.05, 3.63) is 28.8 Å². The zero-order valence-corrected chi connectivity index (χ0v) is 7.93. The standard InChI is InChI=1S/C9H10ClNO2/c1-6(13)11-9-4-8(10)3-2-7(9)5-12/h2-4,12H,5H2,1H3,(H,11,13). The van der Waals surface area contributed by atoms with Crippen LogP contribution in [0.4, 0.5) is 5.69 Å². The van der Waals surface area contributed by atoms with E-state index in [1.807, 2.05) is 0 Å². The molecule has 0 atom stereocenters. The summed E-state index contributed by atoms with van der Waals surface area (Å²) >= 11 is 5.72. The number of benzene rings is 1. The number of halogens is 1. The van der Waals surface area contributed by atoms with Crippen molar-refractivity contribution in [3.63, 3.8) is 0 Å². The van der Waals surface area contributed by atoms with Crippen LogP contribution in [0, 0.1) is 0 Å². The zero-order valence-electron chi connectivity index (χ0n) is 7.17. The van der Waals surface area contributed by atoms with E-state index in [0.29, 0.717) is 16.3 Å². The van der Waals surface area contributed by atoms with Crippen molar-refractivity contribution in [2.24, 2.45) is 0 Å². The molecular weight excluding hydrogens is 190 g/mol. The number of aliphatic hydroxyl groups is 1. The lowest BCUT2D eigenvalue weighted by Crippen LogP contribution is -2.08. The molecule has 1 aromatic rings. The number of aliphatic hydroxyl groups excluding tert-OH is 1. The van der Waals surface area contributed by atoms with Crippen molar-refractivity contribution in [2.75, 3.05) is 5.32 Å². The van der Waals surface area contributed by atoms with Crippen molar-refractivity contribution >= 4 is 23.2 Å². The fraction of sp³-hybridized carbons (Fsp3) is 0.222. The summed E-state index contributed by atoms with van der Waals surface area (Å²) in [6.45, 7) is 1.29. The third-order valence-corrected chi connectivity index (χ3v) is 1.79. The molecule has 4 heteroatoms. The Morgan fingerprint density at radius 1 is 1.62 bits per heavy atom. The van der Waals surface area contributed by atoms with Crippen LogP contribution in [0.5, 0.6) is 0 Å². The Morgan fingerprint density at radius 3 is 2.85 bits per heavy atom. The van der Waals surface area contributed by atoms with E-state index in [0.717, 1.165) is 0 Å². The van der Waals surface area contributed by atoms with Gasteiger partial charge in [0, 0.05) is 23.2 Å². The van der Waals surface area contributed by atoms with E-state index >= 15 is 0 Å². The molecule has 2 N–H and O–H groups in total. The summed E-state index contributed by atoms with van der Waals surface area (Å²) in [5.74, 6) is -0.183. The highest BCUT2D eigenvalue weighted by Crippen LogP contribution is 2.20. The van der Waals surface area contributed by atoms with Gasteiger partial charge in [0.1, 0.15) is 0 Å². The monoisotopic (exact) mass is 199 g/mol.